The highest BCUT2D eigenvalue weighted by Crippen LogP contribution is 2.22. The SMILES string of the molecule is COc1cccc(CNC(=O)CC[C@H]2CCCN(C(=O)c3cc(C)nc(C)n3)C2)c1. The van der Waals surface area contributed by atoms with Crippen LogP contribution in [-0.2, 0) is 11.3 Å². The number of hydrogen-bond donors (Lipinski definition) is 1. The van der Waals surface area contributed by atoms with E-state index in [4.69, 9.17) is 4.74 Å². The van der Waals surface area contributed by atoms with Crippen LogP contribution in [0.4, 0.5) is 0 Å². The van der Waals surface area contributed by atoms with Crippen LogP contribution in [0.5, 0.6) is 5.75 Å². The van der Waals surface area contributed by atoms with Gasteiger partial charge in [0.2, 0.25) is 5.91 Å². The maximum absolute atomic E-state index is 12.8. The van der Waals surface area contributed by atoms with E-state index in [0.717, 1.165) is 42.8 Å². The summed E-state index contributed by atoms with van der Waals surface area (Å²) in [6.45, 7) is 5.56. The lowest BCUT2D eigenvalue weighted by Gasteiger charge is -2.32. The maximum atomic E-state index is 12.8. The first-order chi connectivity index (χ1) is 14.4. The summed E-state index contributed by atoms with van der Waals surface area (Å²) in [6, 6.07) is 9.41. The number of ether oxygens (including phenoxy) is 1. The summed E-state index contributed by atoms with van der Waals surface area (Å²) in [7, 11) is 1.63. The number of carbonyl (C=O) groups is 2. The Morgan fingerprint density at radius 3 is 2.83 bits per heavy atom. The minimum atomic E-state index is -0.0456. The highest BCUT2D eigenvalue weighted by Gasteiger charge is 2.26. The van der Waals surface area contributed by atoms with Gasteiger partial charge in [0, 0.05) is 31.7 Å². The Labute approximate surface area is 177 Å². The third kappa shape index (κ3) is 6.02. The second-order valence-electron chi connectivity index (χ2n) is 7.87. The van der Waals surface area contributed by atoms with Crippen LogP contribution in [0.25, 0.3) is 0 Å². The minimum Gasteiger partial charge on any atom is -0.497 e. The maximum Gasteiger partial charge on any atom is 0.272 e. The highest BCUT2D eigenvalue weighted by atomic mass is 16.5. The number of nitrogens with one attached hydrogen (secondary N) is 1. The molecule has 160 valence electrons. The number of aromatic nitrogens is 2. The summed E-state index contributed by atoms with van der Waals surface area (Å²) in [6.07, 6.45) is 3.22. The number of aryl methyl sites for hydroxylation is 2. The van der Waals surface area contributed by atoms with Crippen LogP contribution in [0.15, 0.2) is 30.3 Å². The molecule has 2 amide bonds. The van der Waals surface area contributed by atoms with Gasteiger partial charge in [-0.25, -0.2) is 9.97 Å². The number of amides is 2. The lowest BCUT2D eigenvalue weighted by atomic mass is 9.93. The number of piperidine rings is 1. The summed E-state index contributed by atoms with van der Waals surface area (Å²) < 4.78 is 5.21. The Morgan fingerprint density at radius 1 is 1.23 bits per heavy atom. The molecule has 7 heteroatoms. The van der Waals surface area contributed by atoms with Gasteiger partial charge in [-0.3, -0.25) is 9.59 Å². The van der Waals surface area contributed by atoms with Crippen molar-refractivity contribution < 1.29 is 14.3 Å². The largest absolute Gasteiger partial charge is 0.497 e. The topological polar surface area (TPSA) is 84.4 Å². The van der Waals surface area contributed by atoms with Gasteiger partial charge in [0.05, 0.1) is 7.11 Å². The van der Waals surface area contributed by atoms with E-state index in [1.165, 1.54) is 0 Å². The summed E-state index contributed by atoms with van der Waals surface area (Å²) in [4.78, 5) is 35.5. The zero-order valence-electron chi connectivity index (χ0n) is 18.0. The second-order valence-corrected chi connectivity index (χ2v) is 7.87. The van der Waals surface area contributed by atoms with E-state index < -0.39 is 0 Å². The molecule has 1 aliphatic rings. The van der Waals surface area contributed by atoms with E-state index in [-0.39, 0.29) is 11.8 Å². The molecular formula is C23H30N4O3. The molecule has 3 rings (SSSR count). The van der Waals surface area contributed by atoms with Crippen LogP contribution < -0.4 is 10.1 Å². The molecule has 2 aromatic rings. The van der Waals surface area contributed by atoms with Crippen LogP contribution in [0.1, 0.15) is 53.3 Å². The molecule has 2 heterocycles. The van der Waals surface area contributed by atoms with Gasteiger partial charge in [0.25, 0.3) is 5.91 Å². The van der Waals surface area contributed by atoms with Gasteiger partial charge >= 0.3 is 0 Å². The fourth-order valence-electron chi connectivity index (χ4n) is 3.88. The predicted octanol–water partition coefficient (Wildman–Crippen LogP) is 3.05. The van der Waals surface area contributed by atoms with Gasteiger partial charge in [-0.1, -0.05) is 12.1 Å². The van der Waals surface area contributed by atoms with Gasteiger partial charge < -0.3 is 15.0 Å². The monoisotopic (exact) mass is 410 g/mol. The van der Waals surface area contributed by atoms with E-state index in [0.29, 0.717) is 36.9 Å². The molecule has 30 heavy (non-hydrogen) atoms. The zero-order valence-corrected chi connectivity index (χ0v) is 18.0. The number of rotatable bonds is 7. The van der Waals surface area contributed by atoms with Gasteiger partial charge in [0.1, 0.15) is 17.3 Å². The molecular weight excluding hydrogens is 380 g/mol. The average Bonchev–Trinajstić information content (AvgIpc) is 2.75. The zero-order chi connectivity index (χ0) is 21.5. The molecule has 1 atom stereocenters. The number of methoxy groups -OCH3 is 1. The fourth-order valence-corrected chi connectivity index (χ4v) is 3.88. The van der Waals surface area contributed by atoms with Crippen LogP contribution in [0.2, 0.25) is 0 Å². The van der Waals surface area contributed by atoms with E-state index in [9.17, 15) is 9.59 Å². The molecule has 7 nitrogen and oxygen atoms in total. The van der Waals surface area contributed by atoms with Crippen molar-refractivity contribution in [3.05, 3.63) is 53.1 Å². The normalized spacial score (nSPS) is 16.2. The van der Waals surface area contributed by atoms with Crippen LogP contribution in [-0.4, -0.2) is 46.9 Å². The third-order valence-electron chi connectivity index (χ3n) is 5.39. The molecule has 1 aliphatic heterocycles. The van der Waals surface area contributed by atoms with Crippen molar-refractivity contribution in [3.8, 4) is 5.75 Å². The van der Waals surface area contributed by atoms with E-state index >= 15 is 0 Å². The van der Waals surface area contributed by atoms with Crippen molar-refractivity contribution in [2.75, 3.05) is 20.2 Å². The fraction of sp³-hybridized carbons (Fsp3) is 0.478. The molecule has 1 N–H and O–H groups in total. The predicted molar refractivity (Wildman–Crippen MR) is 114 cm³/mol. The molecule has 0 saturated carbocycles. The summed E-state index contributed by atoms with van der Waals surface area (Å²) in [5.41, 5.74) is 2.26. The molecule has 0 aliphatic carbocycles. The Balaban J connectivity index is 1.47. The van der Waals surface area contributed by atoms with Crippen molar-refractivity contribution in [1.82, 2.24) is 20.2 Å². The molecule has 0 unspecified atom stereocenters. The van der Waals surface area contributed by atoms with Crippen molar-refractivity contribution >= 4 is 11.8 Å². The Bertz CT molecular complexity index is 880. The minimum absolute atomic E-state index is 0.0309. The van der Waals surface area contributed by atoms with Crippen molar-refractivity contribution in [1.29, 1.82) is 0 Å². The van der Waals surface area contributed by atoms with E-state index in [1.54, 1.807) is 20.1 Å². The van der Waals surface area contributed by atoms with Crippen LogP contribution in [0.3, 0.4) is 0 Å². The Morgan fingerprint density at radius 2 is 2.07 bits per heavy atom. The molecule has 0 spiro atoms. The number of hydrogen-bond acceptors (Lipinski definition) is 5. The first kappa shape index (κ1) is 21.7. The average molecular weight is 411 g/mol. The van der Waals surface area contributed by atoms with Crippen molar-refractivity contribution in [2.45, 2.75) is 46.1 Å². The lowest BCUT2D eigenvalue weighted by molar-refractivity contribution is -0.121. The molecule has 0 bridgehead atoms. The van der Waals surface area contributed by atoms with Crippen LogP contribution in [0, 0.1) is 19.8 Å². The molecule has 1 saturated heterocycles. The standard InChI is InChI=1S/C23H30N4O3/c1-16-12-21(26-17(2)25-16)23(29)27-11-5-7-18(15-27)9-10-22(28)24-14-19-6-4-8-20(13-19)30-3/h4,6,8,12-13,18H,5,7,9-11,14-15H2,1-3H3,(H,24,28)/t18-/m1/s1. The van der Waals surface area contributed by atoms with Gasteiger partial charge in [0.15, 0.2) is 0 Å². The Kier molecular flexibility index (Phi) is 7.38. The number of benzene rings is 1. The van der Waals surface area contributed by atoms with E-state index in [1.807, 2.05) is 36.1 Å². The Hall–Kier alpha value is -2.96. The number of likely N-dealkylation sites (tertiary alicyclic amines) is 1. The first-order valence-electron chi connectivity index (χ1n) is 10.5. The third-order valence-corrected chi connectivity index (χ3v) is 5.39. The van der Waals surface area contributed by atoms with Crippen LogP contribution >= 0.6 is 0 Å². The quantitative estimate of drug-likeness (QED) is 0.758. The molecule has 1 aromatic heterocycles. The molecule has 1 aromatic carbocycles. The summed E-state index contributed by atoms with van der Waals surface area (Å²) in [5, 5.41) is 2.97. The summed E-state index contributed by atoms with van der Waals surface area (Å²) in [5.74, 6) is 1.70. The summed E-state index contributed by atoms with van der Waals surface area (Å²) >= 11 is 0. The first-order valence-corrected chi connectivity index (χ1v) is 10.5. The van der Waals surface area contributed by atoms with Gasteiger partial charge in [-0.05, 0) is 62.8 Å². The lowest BCUT2D eigenvalue weighted by Crippen LogP contribution is -2.40. The van der Waals surface area contributed by atoms with Crippen molar-refractivity contribution in [3.63, 3.8) is 0 Å². The van der Waals surface area contributed by atoms with Crippen molar-refractivity contribution in [2.24, 2.45) is 5.92 Å². The number of nitrogens with zero attached hydrogens (tertiary/aromatic N) is 3. The molecule has 1 fully saturated rings. The number of carbonyl (C=O) groups excluding carboxylic acids is 2. The second kappa shape index (κ2) is 10.2. The van der Waals surface area contributed by atoms with E-state index in [2.05, 4.69) is 15.3 Å². The van der Waals surface area contributed by atoms with Gasteiger partial charge in [-0.2, -0.15) is 0 Å². The smallest absolute Gasteiger partial charge is 0.272 e. The molecule has 0 radical (unpaired) electrons. The highest BCUT2D eigenvalue weighted by molar-refractivity contribution is 5.92. The van der Waals surface area contributed by atoms with Gasteiger partial charge in [-0.15, -0.1) is 0 Å².